The van der Waals surface area contributed by atoms with Crippen LogP contribution in [0.1, 0.15) is 27.0 Å². The van der Waals surface area contributed by atoms with Crippen LogP contribution in [0, 0.1) is 0 Å². The summed E-state index contributed by atoms with van der Waals surface area (Å²) in [6.45, 7) is 3.14. The van der Waals surface area contributed by atoms with Crippen molar-refractivity contribution in [1.82, 2.24) is 19.5 Å². The number of esters is 3. The van der Waals surface area contributed by atoms with Gasteiger partial charge in [-0.25, -0.2) is 9.36 Å². The number of nitrogens with two attached hydrogens (primary N) is 1. The fourth-order valence-corrected chi connectivity index (χ4v) is 3.34. The maximum Gasteiger partial charge on any atom is 0.330 e. The first-order chi connectivity index (χ1) is 14.1. The minimum Gasteiger partial charge on any atom is -0.463 e. The fourth-order valence-electron chi connectivity index (χ4n) is 3.12. The molecule has 13 nitrogen and oxygen atoms in total. The van der Waals surface area contributed by atoms with Gasteiger partial charge in [0, 0.05) is 20.8 Å². The summed E-state index contributed by atoms with van der Waals surface area (Å²) in [7, 11) is 0. The van der Waals surface area contributed by atoms with Gasteiger partial charge in [-0.15, -0.1) is 0 Å². The highest BCUT2D eigenvalue weighted by Crippen LogP contribution is 2.35. The highest BCUT2D eigenvalue weighted by atomic mass is 35.5. The highest BCUT2D eigenvalue weighted by Gasteiger charge is 2.51. The van der Waals surface area contributed by atoms with E-state index in [2.05, 4.69) is 15.0 Å². The Labute approximate surface area is 173 Å². The molecule has 0 spiro atoms. The summed E-state index contributed by atoms with van der Waals surface area (Å²) in [6, 6.07) is 0. The Morgan fingerprint density at radius 1 is 1.13 bits per heavy atom. The van der Waals surface area contributed by atoms with Crippen molar-refractivity contribution in [1.29, 1.82) is 0 Å². The largest absolute Gasteiger partial charge is 0.463 e. The zero-order valence-corrected chi connectivity index (χ0v) is 16.8. The molecule has 0 amide bonds. The van der Waals surface area contributed by atoms with Crippen molar-refractivity contribution < 1.29 is 33.3 Å². The van der Waals surface area contributed by atoms with Crippen LogP contribution >= 0.6 is 11.6 Å². The molecule has 0 saturated carbocycles. The van der Waals surface area contributed by atoms with Gasteiger partial charge in [0.05, 0.1) is 0 Å². The number of nitrogens with zero attached hydrogens (tertiary/aromatic N) is 3. The molecule has 162 valence electrons. The number of carbonyl (C=O) groups is 3. The molecule has 0 unspecified atom stereocenters. The molecule has 3 N–H and O–H groups in total. The van der Waals surface area contributed by atoms with Gasteiger partial charge in [-0.3, -0.25) is 14.4 Å². The van der Waals surface area contributed by atoms with Crippen LogP contribution in [0.2, 0.25) is 5.15 Å². The minimum atomic E-state index is -1.30. The molecule has 14 heteroatoms. The van der Waals surface area contributed by atoms with Crippen LogP contribution in [-0.2, 0) is 33.3 Å². The van der Waals surface area contributed by atoms with Crippen molar-refractivity contribution in [2.45, 2.75) is 45.3 Å². The molecule has 2 aromatic rings. The van der Waals surface area contributed by atoms with Crippen LogP contribution in [0.25, 0.3) is 11.2 Å². The Morgan fingerprint density at radius 2 is 1.77 bits per heavy atom. The highest BCUT2D eigenvalue weighted by molar-refractivity contribution is 6.33. The first-order valence-electron chi connectivity index (χ1n) is 8.65. The predicted octanol–water partition coefficient (Wildman–Crippen LogP) is -0.321. The van der Waals surface area contributed by atoms with Gasteiger partial charge in [0.2, 0.25) is 5.95 Å². The average Bonchev–Trinajstić information content (AvgIpc) is 3.10. The number of nitrogens with one attached hydrogen (secondary N) is 1. The monoisotopic (exact) mass is 443 g/mol. The number of imidazole rings is 1. The quantitative estimate of drug-likeness (QED) is 0.351. The van der Waals surface area contributed by atoms with E-state index in [4.69, 9.17) is 36.3 Å². The molecule has 3 heterocycles. The van der Waals surface area contributed by atoms with Crippen molar-refractivity contribution in [2.24, 2.45) is 0 Å². The van der Waals surface area contributed by atoms with Crippen LogP contribution in [-0.4, -0.2) is 62.3 Å². The number of halogens is 1. The summed E-state index contributed by atoms with van der Waals surface area (Å²) >= 11 is 6.02. The molecule has 0 aromatic carbocycles. The van der Waals surface area contributed by atoms with Gasteiger partial charge in [0.15, 0.2) is 29.2 Å². The number of aromatic amines is 1. The van der Waals surface area contributed by atoms with Crippen molar-refractivity contribution in [3.05, 3.63) is 15.6 Å². The number of nitrogen functional groups attached to an aromatic ring is 1. The van der Waals surface area contributed by atoms with Gasteiger partial charge in [-0.05, 0) is 0 Å². The number of hydrogen-bond donors (Lipinski definition) is 2. The molecule has 3 rings (SSSR count). The third-order valence-electron chi connectivity index (χ3n) is 4.14. The van der Waals surface area contributed by atoms with E-state index >= 15 is 0 Å². The lowest BCUT2D eigenvalue weighted by Gasteiger charge is -2.23. The third kappa shape index (κ3) is 4.21. The average molecular weight is 444 g/mol. The fraction of sp³-hybridized carbons (Fsp3) is 0.500. The standard InChI is InChI=1S/C16H18ClN5O8/c1-5(23)27-4-8-10(28-6(2)24)11(29-7(3)25)14(30-8)22-13-9(19-16(22)26)12(17)20-15(18)21-13/h8,10-11,14H,4H2,1-3H3,(H,19,26)(H2,18,20,21)/t8-,10+,11-,14-/m1/s1. The van der Waals surface area contributed by atoms with Crippen molar-refractivity contribution in [3.63, 3.8) is 0 Å². The molecule has 0 aliphatic carbocycles. The SMILES string of the molecule is CC(=O)OC[C@H]1O[C@@H](n2c(=O)[nH]c3c(Cl)nc(N)nc32)[C@H](OC(C)=O)[C@H]1OC(C)=O. The molecular formula is C16H18ClN5O8. The Morgan fingerprint density at radius 3 is 2.37 bits per heavy atom. The molecule has 0 radical (unpaired) electrons. The molecule has 0 bridgehead atoms. The van der Waals surface area contributed by atoms with E-state index < -0.39 is 48.1 Å². The van der Waals surface area contributed by atoms with Crippen LogP contribution in [0.3, 0.4) is 0 Å². The Bertz CT molecular complexity index is 1070. The van der Waals surface area contributed by atoms with Crippen LogP contribution in [0.15, 0.2) is 4.79 Å². The van der Waals surface area contributed by atoms with E-state index in [0.29, 0.717) is 0 Å². The second kappa shape index (κ2) is 8.28. The molecule has 30 heavy (non-hydrogen) atoms. The number of ether oxygens (including phenoxy) is 4. The maximum absolute atomic E-state index is 12.6. The van der Waals surface area contributed by atoms with Crippen molar-refractivity contribution >= 4 is 46.6 Å². The van der Waals surface area contributed by atoms with Gasteiger partial charge in [0.25, 0.3) is 0 Å². The summed E-state index contributed by atoms with van der Waals surface area (Å²) in [5.41, 5.74) is 4.97. The Balaban J connectivity index is 2.11. The van der Waals surface area contributed by atoms with E-state index in [1.807, 2.05) is 0 Å². The normalized spacial score (nSPS) is 23.3. The number of anilines is 1. The van der Waals surface area contributed by atoms with Crippen molar-refractivity contribution in [3.8, 4) is 0 Å². The summed E-state index contributed by atoms with van der Waals surface area (Å²) in [5.74, 6) is -2.24. The third-order valence-corrected chi connectivity index (χ3v) is 4.41. The number of H-pyrrole nitrogens is 1. The zero-order chi connectivity index (χ0) is 22.2. The molecule has 1 saturated heterocycles. The first kappa shape index (κ1) is 21.5. The van der Waals surface area contributed by atoms with E-state index in [9.17, 15) is 19.2 Å². The lowest BCUT2D eigenvalue weighted by molar-refractivity contribution is -0.166. The lowest BCUT2D eigenvalue weighted by atomic mass is 10.1. The van der Waals surface area contributed by atoms with E-state index in [-0.39, 0.29) is 28.9 Å². The summed E-state index contributed by atoms with van der Waals surface area (Å²) in [4.78, 5) is 57.4. The second-order valence-corrected chi connectivity index (χ2v) is 6.75. The van der Waals surface area contributed by atoms with Gasteiger partial charge >= 0.3 is 23.6 Å². The molecule has 4 atom stereocenters. The number of rotatable bonds is 5. The molecule has 1 aliphatic heterocycles. The smallest absolute Gasteiger partial charge is 0.330 e. The van der Waals surface area contributed by atoms with Gasteiger partial charge in [0.1, 0.15) is 18.2 Å². The molecule has 1 fully saturated rings. The molecule has 1 aliphatic rings. The number of carbonyl (C=O) groups excluding carboxylic acids is 3. The number of aromatic nitrogens is 4. The first-order valence-corrected chi connectivity index (χ1v) is 9.02. The van der Waals surface area contributed by atoms with Crippen LogP contribution < -0.4 is 11.4 Å². The van der Waals surface area contributed by atoms with Crippen LogP contribution in [0.4, 0.5) is 5.95 Å². The number of hydrogen-bond acceptors (Lipinski definition) is 11. The van der Waals surface area contributed by atoms with Gasteiger partial charge < -0.3 is 29.7 Å². The minimum absolute atomic E-state index is 0.0191. The molecule has 2 aromatic heterocycles. The zero-order valence-electron chi connectivity index (χ0n) is 16.1. The van der Waals surface area contributed by atoms with Crippen LogP contribution in [0.5, 0.6) is 0 Å². The Hall–Kier alpha value is -3.19. The number of fused-ring (bicyclic) bond motifs is 1. The van der Waals surface area contributed by atoms with E-state index in [1.165, 1.54) is 6.92 Å². The summed E-state index contributed by atoms with van der Waals surface area (Å²) in [5, 5.41) is -0.108. The molecular weight excluding hydrogens is 426 g/mol. The lowest BCUT2D eigenvalue weighted by Crippen LogP contribution is -2.41. The summed E-state index contributed by atoms with van der Waals surface area (Å²) < 4.78 is 22.3. The van der Waals surface area contributed by atoms with Gasteiger partial charge in [-0.1, -0.05) is 11.6 Å². The second-order valence-electron chi connectivity index (χ2n) is 6.39. The van der Waals surface area contributed by atoms with Gasteiger partial charge in [-0.2, -0.15) is 9.97 Å². The van der Waals surface area contributed by atoms with E-state index in [0.717, 1.165) is 18.4 Å². The van der Waals surface area contributed by atoms with E-state index in [1.54, 1.807) is 0 Å². The maximum atomic E-state index is 12.6. The van der Waals surface area contributed by atoms with Crippen molar-refractivity contribution in [2.75, 3.05) is 12.3 Å². The predicted molar refractivity (Wildman–Crippen MR) is 99.2 cm³/mol. The Kier molecular flexibility index (Phi) is 5.94. The summed E-state index contributed by atoms with van der Waals surface area (Å²) in [6.07, 6.45) is -4.79. The topological polar surface area (TPSA) is 178 Å².